The van der Waals surface area contributed by atoms with Crippen LogP contribution in [0.4, 0.5) is 0 Å². The van der Waals surface area contributed by atoms with Gasteiger partial charge in [-0.2, -0.15) is 0 Å². The molecule has 0 N–H and O–H groups in total. The molecule has 0 fully saturated rings. The summed E-state index contributed by atoms with van der Waals surface area (Å²) in [5, 5.41) is 0. The molecule has 37 heavy (non-hydrogen) atoms. The topological polar surface area (TPSA) is 9.23 Å². The van der Waals surface area contributed by atoms with Gasteiger partial charge in [-0.25, -0.2) is 0 Å². The van der Waals surface area contributed by atoms with Crippen LogP contribution in [0.5, 0.6) is 0 Å². The van der Waals surface area contributed by atoms with Crippen molar-refractivity contribution in [2.75, 3.05) is 0 Å². The summed E-state index contributed by atoms with van der Waals surface area (Å²) in [4.78, 5) is 0. The van der Waals surface area contributed by atoms with Gasteiger partial charge >= 0.3 is 0 Å². The average Bonchev–Trinajstić information content (AvgIpc) is 2.91. The highest BCUT2D eigenvalue weighted by atomic mass is 16.5. The van der Waals surface area contributed by atoms with Crippen LogP contribution in [0.3, 0.4) is 0 Å². The van der Waals surface area contributed by atoms with Crippen LogP contribution in [-0.2, 0) is 4.74 Å². The zero-order valence-electron chi connectivity index (χ0n) is 26.4. The van der Waals surface area contributed by atoms with Crippen molar-refractivity contribution in [2.24, 2.45) is 0 Å². The smallest absolute Gasteiger partial charge is 0.0996 e. The molecule has 0 aliphatic rings. The quantitative estimate of drug-likeness (QED) is 0.0678. The molecule has 0 aromatic heterocycles. The first kappa shape index (κ1) is 36.3. The fraction of sp³-hybridized carbons (Fsp3) is 0.889. The molecular weight excluding hydrogens is 448 g/mol. The van der Waals surface area contributed by atoms with E-state index in [0.29, 0.717) is 0 Å². The van der Waals surface area contributed by atoms with Gasteiger partial charge in [0.1, 0.15) is 0 Å². The molecule has 0 rings (SSSR count). The molecule has 0 heterocycles. The van der Waals surface area contributed by atoms with Crippen LogP contribution in [0.1, 0.15) is 207 Å². The highest BCUT2D eigenvalue weighted by molar-refractivity contribution is 5.02. The maximum atomic E-state index is 6.72. The second kappa shape index (κ2) is 31.5. The third kappa shape index (κ3) is 28.1. The summed E-state index contributed by atoms with van der Waals surface area (Å²) >= 11 is 0. The number of unbranched alkanes of at least 4 members (excludes halogenated alkanes) is 22. The minimum absolute atomic E-state index is 1.13. The van der Waals surface area contributed by atoms with E-state index in [2.05, 4.69) is 39.8 Å². The lowest BCUT2D eigenvalue weighted by Gasteiger charge is -2.15. The molecule has 0 aromatic rings. The van der Waals surface area contributed by atoms with Crippen molar-refractivity contribution in [2.45, 2.75) is 207 Å². The number of allylic oxidation sites excluding steroid dienone is 4. The first-order chi connectivity index (χ1) is 18.3. The van der Waals surface area contributed by atoms with Crippen molar-refractivity contribution in [1.82, 2.24) is 0 Å². The average molecular weight is 519 g/mol. The molecule has 0 aliphatic heterocycles. The summed E-state index contributed by atoms with van der Waals surface area (Å²) in [5.41, 5.74) is 0. The molecule has 0 radical (unpaired) electrons. The van der Waals surface area contributed by atoms with Gasteiger partial charge in [0.05, 0.1) is 11.5 Å². The first-order valence-electron chi connectivity index (χ1n) is 17.3. The van der Waals surface area contributed by atoms with E-state index < -0.39 is 0 Å². The zero-order valence-corrected chi connectivity index (χ0v) is 26.4. The Bertz CT molecular complexity index is 445. The van der Waals surface area contributed by atoms with E-state index in [4.69, 9.17) is 4.74 Å². The lowest BCUT2D eigenvalue weighted by atomic mass is 10.1. The summed E-state index contributed by atoms with van der Waals surface area (Å²) in [5.74, 6) is 2.56. The van der Waals surface area contributed by atoms with Crippen LogP contribution in [-0.4, -0.2) is 0 Å². The third-order valence-corrected chi connectivity index (χ3v) is 7.68. The first-order valence-corrected chi connectivity index (χ1v) is 17.3. The highest BCUT2D eigenvalue weighted by Crippen LogP contribution is 2.23. The largest absolute Gasteiger partial charge is 0.467 e. The minimum Gasteiger partial charge on any atom is -0.467 e. The van der Waals surface area contributed by atoms with Gasteiger partial charge in [-0.1, -0.05) is 156 Å². The Kier molecular flexibility index (Phi) is 30.9. The Balaban J connectivity index is 4.84. The van der Waals surface area contributed by atoms with E-state index in [-0.39, 0.29) is 0 Å². The van der Waals surface area contributed by atoms with Crippen molar-refractivity contribution in [3.63, 3.8) is 0 Å². The zero-order chi connectivity index (χ0) is 27.1. The molecule has 0 atom stereocenters. The van der Waals surface area contributed by atoms with Gasteiger partial charge in [0.15, 0.2) is 0 Å². The molecule has 0 bridgehead atoms. The van der Waals surface area contributed by atoms with Crippen molar-refractivity contribution in [3.05, 3.63) is 23.7 Å². The van der Waals surface area contributed by atoms with E-state index in [1.165, 1.54) is 178 Å². The Hall–Kier alpha value is -0.720. The van der Waals surface area contributed by atoms with Crippen LogP contribution in [0.25, 0.3) is 0 Å². The Labute approximate surface area is 235 Å². The van der Waals surface area contributed by atoms with E-state index >= 15 is 0 Å². The van der Waals surface area contributed by atoms with Gasteiger partial charge < -0.3 is 4.74 Å². The standard InChI is InChI=1S/C36H70O/c1-5-9-13-17-21-25-29-33-35(31-27-23-19-15-11-7-3)37-36(32-28-24-20-16-12-8-4)34-30-26-22-18-14-10-6-2/h33-34H,5-32H2,1-4H3/b35-33+,36-34+. The number of hydrogen-bond acceptors (Lipinski definition) is 1. The lowest BCUT2D eigenvalue weighted by molar-refractivity contribution is 0.266. The molecule has 0 spiro atoms. The summed E-state index contributed by atoms with van der Waals surface area (Å²) < 4.78 is 6.72. The number of ether oxygens (including phenoxy) is 1. The van der Waals surface area contributed by atoms with Gasteiger partial charge in [0, 0.05) is 12.8 Å². The van der Waals surface area contributed by atoms with Crippen molar-refractivity contribution < 1.29 is 4.74 Å². The lowest BCUT2D eigenvalue weighted by Crippen LogP contribution is -1.97. The maximum Gasteiger partial charge on any atom is 0.0996 e. The molecule has 0 saturated carbocycles. The van der Waals surface area contributed by atoms with Gasteiger partial charge in [-0.3, -0.25) is 0 Å². The normalized spacial score (nSPS) is 12.4. The number of rotatable bonds is 30. The second-order valence-corrected chi connectivity index (χ2v) is 11.6. The third-order valence-electron chi connectivity index (χ3n) is 7.68. The molecule has 1 nitrogen and oxygen atoms in total. The van der Waals surface area contributed by atoms with Crippen LogP contribution >= 0.6 is 0 Å². The van der Waals surface area contributed by atoms with Crippen LogP contribution in [0, 0.1) is 0 Å². The Morgan fingerprint density at radius 3 is 0.946 bits per heavy atom. The molecular formula is C36H70O. The molecule has 0 unspecified atom stereocenters. The molecule has 220 valence electrons. The van der Waals surface area contributed by atoms with Gasteiger partial charge in [0.25, 0.3) is 0 Å². The predicted octanol–water partition coefficient (Wildman–Crippen LogP) is 13.8. The van der Waals surface area contributed by atoms with Crippen molar-refractivity contribution >= 4 is 0 Å². The van der Waals surface area contributed by atoms with Crippen LogP contribution in [0.2, 0.25) is 0 Å². The molecule has 0 aromatic carbocycles. The molecule has 0 saturated heterocycles. The van der Waals surface area contributed by atoms with Gasteiger partial charge in [0.2, 0.25) is 0 Å². The maximum absolute atomic E-state index is 6.72. The fourth-order valence-corrected chi connectivity index (χ4v) is 5.09. The monoisotopic (exact) mass is 519 g/mol. The highest BCUT2D eigenvalue weighted by Gasteiger charge is 2.06. The molecule has 0 aliphatic carbocycles. The van der Waals surface area contributed by atoms with E-state index in [0.717, 1.165) is 12.8 Å². The van der Waals surface area contributed by atoms with Crippen LogP contribution < -0.4 is 0 Å². The van der Waals surface area contributed by atoms with Gasteiger partial charge in [-0.15, -0.1) is 0 Å². The van der Waals surface area contributed by atoms with E-state index in [9.17, 15) is 0 Å². The van der Waals surface area contributed by atoms with Crippen LogP contribution in [0.15, 0.2) is 23.7 Å². The summed E-state index contributed by atoms with van der Waals surface area (Å²) in [6.07, 6.45) is 42.3. The van der Waals surface area contributed by atoms with Crippen molar-refractivity contribution in [3.8, 4) is 0 Å². The summed E-state index contributed by atoms with van der Waals surface area (Å²) in [6, 6.07) is 0. The second-order valence-electron chi connectivity index (χ2n) is 11.6. The summed E-state index contributed by atoms with van der Waals surface area (Å²) in [6.45, 7) is 9.22. The minimum atomic E-state index is 1.13. The fourth-order valence-electron chi connectivity index (χ4n) is 5.09. The molecule has 0 amide bonds. The SMILES string of the molecule is CCCCCCCC/C=C(\CCCCCCCC)O/C(=C/CCCCCCCC)CCCCCCCC. The van der Waals surface area contributed by atoms with E-state index in [1.54, 1.807) is 0 Å². The predicted molar refractivity (Wildman–Crippen MR) is 169 cm³/mol. The molecule has 1 heteroatoms. The Morgan fingerprint density at radius 2 is 0.622 bits per heavy atom. The number of hydrogen-bond donors (Lipinski definition) is 0. The van der Waals surface area contributed by atoms with E-state index in [1.807, 2.05) is 0 Å². The van der Waals surface area contributed by atoms with Crippen molar-refractivity contribution in [1.29, 1.82) is 0 Å². The Morgan fingerprint density at radius 1 is 0.351 bits per heavy atom. The van der Waals surface area contributed by atoms with Gasteiger partial charge in [-0.05, 0) is 50.7 Å². The summed E-state index contributed by atoms with van der Waals surface area (Å²) in [7, 11) is 0.